The minimum Gasteiger partial charge on any atom is -0.369 e. The van der Waals surface area contributed by atoms with E-state index in [1.807, 2.05) is 80.8 Å². The van der Waals surface area contributed by atoms with Crippen LogP contribution in [-0.4, -0.2) is 50.3 Å². The Morgan fingerprint density at radius 1 is 0.755 bits per heavy atom. The van der Waals surface area contributed by atoms with E-state index in [1.165, 1.54) is 6.34 Å². The number of halogens is 2. The zero-order chi connectivity index (χ0) is 35.7. The molecular formula is C39H39Br2N7O. The molecule has 2 aromatic heterocycles. The van der Waals surface area contributed by atoms with E-state index in [-0.39, 0.29) is 17.0 Å². The second kappa shape index (κ2) is 14.1. The smallest absolute Gasteiger partial charge is 0.279 e. The Hall–Kier alpha value is -4.59. The van der Waals surface area contributed by atoms with Crippen LogP contribution in [-0.2, 0) is 11.1 Å². The maximum absolute atomic E-state index is 12.7. The Balaban J connectivity index is 0.000000195. The Morgan fingerprint density at radius 3 is 1.71 bits per heavy atom. The molecule has 0 atom stereocenters. The van der Waals surface area contributed by atoms with Crippen LogP contribution in [0.5, 0.6) is 0 Å². The van der Waals surface area contributed by atoms with Crippen LogP contribution in [0.3, 0.4) is 0 Å². The van der Waals surface area contributed by atoms with Crippen molar-refractivity contribution in [1.29, 1.82) is 5.26 Å². The second-order valence-corrected chi connectivity index (χ2v) is 15.7. The van der Waals surface area contributed by atoms with Gasteiger partial charge in [0.1, 0.15) is 11.6 Å². The lowest BCUT2D eigenvalue weighted by atomic mass is 10.0. The zero-order valence-electron chi connectivity index (χ0n) is 29.0. The number of carbonyl (C=O) groups is 1. The van der Waals surface area contributed by atoms with Gasteiger partial charge in [0.05, 0.1) is 45.6 Å². The van der Waals surface area contributed by atoms with Crippen molar-refractivity contribution in [3.05, 3.63) is 105 Å². The van der Waals surface area contributed by atoms with Gasteiger partial charge in [0.15, 0.2) is 0 Å². The Labute approximate surface area is 304 Å². The van der Waals surface area contributed by atoms with Gasteiger partial charge in [-0.3, -0.25) is 4.79 Å². The van der Waals surface area contributed by atoms with Crippen molar-refractivity contribution < 1.29 is 4.79 Å². The molecule has 4 aromatic carbocycles. The number of imidazole rings is 2. The van der Waals surface area contributed by atoms with Crippen LogP contribution in [0.15, 0.2) is 98.9 Å². The number of carbonyl (C=O) groups excluding carboxylic acids is 1. The van der Waals surface area contributed by atoms with Crippen molar-refractivity contribution in [2.24, 2.45) is 4.99 Å². The highest BCUT2D eigenvalue weighted by Gasteiger charge is 2.26. The number of aromatic nitrogens is 4. The van der Waals surface area contributed by atoms with Gasteiger partial charge in [-0.2, -0.15) is 10.3 Å². The normalized spacial score (nSPS) is 11.9. The highest BCUT2D eigenvalue weighted by atomic mass is 79.9. The number of nitriles is 1. The van der Waals surface area contributed by atoms with Gasteiger partial charge in [-0.15, -0.1) is 0 Å². The van der Waals surface area contributed by atoms with E-state index in [4.69, 9.17) is 9.97 Å². The van der Waals surface area contributed by atoms with Gasteiger partial charge in [-0.1, -0.05) is 62.2 Å². The number of rotatable bonds is 4. The molecule has 6 aromatic rings. The number of benzene rings is 4. The molecule has 6 rings (SSSR count). The standard InChI is InChI=1S/C21H23BrN4O.C18H16BrN3/c1-21(2,3)26-18-11-10-14(22)12-17(18)24-19(26)15-8-6-7-9-16(15)20(27)23-13-25(4)5;1-18(2,3)22-16-9-8-13(19)10-15(16)21-17(22)14-7-5-4-6-12(14)11-20/h6-13H,1-5H3;4-10H,1-3H3. The first-order valence-electron chi connectivity index (χ1n) is 15.8. The van der Waals surface area contributed by atoms with E-state index in [1.54, 1.807) is 11.0 Å². The van der Waals surface area contributed by atoms with Crippen molar-refractivity contribution in [1.82, 2.24) is 24.0 Å². The van der Waals surface area contributed by atoms with Crippen LogP contribution in [0.4, 0.5) is 0 Å². The van der Waals surface area contributed by atoms with Crippen LogP contribution in [0.2, 0.25) is 0 Å². The van der Waals surface area contributed by atoms with Crippen LogP contribution < -0.4 is 0 Å². The molecule has 49 heavy (non-hydrogen) atoms. The summed E-state index contributed by atoms with van der Waals surface area (Å²) in [6.07, 6.45) is 1.52. The highest BCUT2D eigenvalue weighted by Crippen LogP contribution is 2.35. The summed E-state index contributed by atoms with van der Waals surface area (Å²) >= 11 is 7.02. The number of nitrogens with zero attached hydrogens (tertiary/aromatic N) is 7. The quantitative estimate of drug-likeness (QED) is 0.131. The van der Waals surface area contributed by atoms with Crippen molar-refractivity contribution in [2.75, 3.05) is 14.1 Å². The molecule has 0 fully saturated rings. The van der Waals surface area contributed by atoms with Gasteiger partial charge in [-0.25, -0.2) is 9.97 Å². The number of amides is 1. The van der Waals surface area contributed by atoms with Crippen molar-refractivity contribution >= 4 is 66.2 Å². The third kappa shape index (κ3) is 7.69. The van der Waals surface area contributed by atoms with Crippen LogP contribution in [0.25, 0.3) is 44.8 Å². The summed E-state index contributed by atoms with van der Waals surface area (Å²) in [7, 11) is 3.67. The molecule has 0 saturated heterocycles. The summed E-state index contributed by atoms with van der Waals surface area (Å²) in [5.41, 5.74) is 6.38. The molecule has 0 aliphatic heterocycles. The molecule has 0 aliphatic rings. The van der Waals surface area contributed by atoms with E-state index in [0.29, 0.717) is 11.1 Å². The minimum absolute atomic E-state index is 0.138. The molecular weight excluding hydrogens is 742 g/mol. The second-order valence-electron chi connectivity index (χ2n) is 13.9. The number of aliphatic imine (C=N–C) groups is 1. The zero-order valence-corrected chi connectivity index (χ0v) is 32.1. The SMILES string of the molecule is CC(C)(C)n1c(-c2ccccc2C#N)nc2cc(Br)ccc21.CN(C)C=NC(=O)c1ccccc1-c1nc2cc(Br)ccc2n1C(C)(C)C. The molecule has 1 amide bonds. The van der Waals surface area contributed by atoms with Crippen LogP contribution in [0, 0.1) is 11.3 Å². The fourth-order valence-electron chi connectivity index (χ4n) is 5.70. The summed E-state index contributed by atoms with van der Waals surface area (Å²) in [6.45, 7) is 12.8. The van der Waals surface area contributed by atoms with E-state index >= 15 is 0 Å². The number of hydrogen-bond acceptors (Lipinski definition) is 4. The van der Waals surface area contributed by atoms with E-state index in [9.17, 15) is 10.1 Å². The topological polar surface area (TPSA) is 92.1 Å². The lowest BCUT2D eigenvalue weighted by Gasteiger charge is -2.25. The lowest BCUT2D eigenvalue weighted by molar-refractivity contribution is 0.100. The van der Waals surface area contributed by atoms with Crippen LogP contribution in [0.1, 0.15) is 57.5 Å². The average molecular weight is 782 g/mol. The summed E-state index contributed by atoms with van der Waals surface area (Å²) < 4.78 is 6.35. The molecule has 10 heteroatoms. The van der Waals surface area contributed by atoms with Gasteiger partial charge < -0.3 is 14.0 Å². The molecule has 2 heterocycles. The predicted molar refractivity (Wildman–Crippen MR) is 207 cm³/mol. The molecule has 250 valence electrons. The first kappa shape index (κ1) is 35.7. The first-order chi connectivity index (χ1) is 23.1. The number of hydrogen-bond donors (Lipinski definition) is 0. The summed E-state index contributed by atoms with van der Waals surface area (Å²) in [5.74, 6) is 1.31. The van der Waals surface area contributed by atoms with E-state index in [2.05, 4.69) is 106 Å². The molecule has 0 spiro atoms. The van der Waals surface area contributed by atoms with E-state index in [0.717, 1.165) is 53.8 Å². The van der Waals surface area contributed by atoms with Gasteiger partial charge in [0.2, 0.25) is 0 Å². The maximum Gasteiger partial charge on any atom is 0.279 e. The summed E-state index contributed by atoms with van der Waals surface area (Å²) in [4.78, 5) is 28.2. The summed E-state index contributed by atoms with van der Waals surface area (Å²) in [6, 6.07) is 29.5. The van der Waals surface area contributed by atoms with Gasteiger partial charge in [-0.05, 0) is 96.1 Å². The average Bonchev–Trinajstić information content (AvgIpc) is 3.62. The Kier molecular flexibility index (Phi) is 10.3. The Morgan fingerprint density at radius 2 is 1.22 bits per heavy atom. The largest absolute Gasteiger partial charge is 0.369 e. The molecule has 8 nitrogen and oxygen atoms in total. The predicted octanol–water partition coefficient (Wildman–Crippen LogP) is 10.0. The van der Waals surface area contributed by atoms with Crippen molar-refractivity contribution in [3.63, 3.8) is 0 Å². The molecule has 0 unspecified atom stereocenters. The van der Waals surface area contributed by atoms with Gasteiger partial charge in [0, 0.05) is 45.2 Å². The van der Waals surface area contributed by atoms with Crippen LogP contribution >= 0.6 is 31.9 Å². The first-order valence-corrected chi connectivity index (χ1v) is 17.4. The molecule has 0 aliphatic carbocycles. The van der Waals surface area contributed by atoms with Crippen molar-refractivity contribution in [3.8, 4) is 28.8 Å². The highest BCUT2D eigenvalue weighted by molar-refractivity contribution is 9.10. The fraction of sp³-hybridized carbons (Fsp3) is 0.256. The minimum atomic E-state index is -0.284. The fourth-order valence-corrected chi connectivity index (χ4v) is 6.40. The van der Waals surface area contributed by atoms with E-state index < -0.39 is 0 Å². The van der Waals surface area contributed by atoms with Gasteiger partial charge in [0.25, 0.3) is 5.91 Å². The molecule has 0 N–H and O–H groups in total. The maximum atomic E-state index is 12.7. The molecule has 0 radical (unpaired) electrons. The van der Waals surface area contributed by atoms with Gasteiger partial charge >= 0.3 is 0 Å². The van der Waals surface area contributed by atoms with Crippen molar-refractivity contribution in [2.45, 2.75) is 52.6 Å². The third-order valence-corrected chi connectivity index (χ3v) is 8.65. The monoisotopic (exact) mass is 779 g/mol. The summed E-state index contributed by atoms with van der Waals surface area (Å²) in [5, 5.41) is 9.40. The lowest BCUT2D eigenvalue weighted by Crippen LogP contribution is -2.23. The molecule has 0 saturated carbocycles. The number of fused-ring (bicyclic) bond motifs is 2. The Bertz CT molecular complexity index is 2240. The molecule has 0 bridgehead atoms. The third-order valence-electron chi connectivity index (χ3n) is 7.67.